The predicted molar refractivity (Wildman–Crippen MR) is 76.2 cm³/mol. The van der Waals surface area contributed by atoms with Crippen molar-refractivity contribution in [3.63, 3.8) is 0 Å². The van der Waals surface area contributed by atoms with Crippen LogP contribution in [0.3, 0.4) is 0 Å². The highest BCUT2D eigenvalue weighted by Crippen LogP contribution is 2.30. The Morgan fingerprint density at radius 1 is 1.44 bits per heavy atom. The molecule has 1 aliphatic heterocycles. The van der Waals surface area contributed by atoms with Crippen molar-refractivity contribution in [3.8, 4) is 5.75 Å². The molecule has 1 aromatic carbocycles. The summed E-state index contributed by atoms with van der Waals surface area (Å²) in [6, 6.07) is 7.87. The van der Waals surface area contributed by atoms with Crippen molar-refractivity contribution in [1.29, 1.82) is 0 Å². The SMILES string of the molecule is COc1ccccc1CC(Br)C1CCS(=O)(=O)C1. The van der Waals surface area contributed by atoms with Gasteiger partial charge >= 0.3 is 0 Å². The molecule has 0 spiro atoms. The van der Waals surface area contributed by atoms with E-state index in [1.165, 1.54) is 0 Å². The van der Waals surface area contributed by atoms with Crippen LogP contribution in [0, 0.1) is 5.92 Å². The fraction of sp³-hybridized carbons (Fsp3) is 0.538. The summed E-state index contributed by atoms with van der Waals surface area (Å²) in [7, 11) is -1.15. The number of rotatable bonds is 4. The van der Waals surface area contributed by atoms with Crippen LogP contribution in [-0.4, -0.2) is 31.9 Å². The van der Waals surface area contributed by atoms with E-state index in [4.69, 9.17) is 4.74 Å². The van der Waals surface area contributed by atoms with Gasteiger partial charge in [0, 0.05) is 4.83 Å². The van der Waals surface area contributed by atoms with Gasteiger partial charge in [0.1, 0.15) is 5.75 Å². The van der Waals surface area contributed by atoms with Crippen LogP contribution in [0.15, 0.2) is 24.3 Å². The highest BCUT2D eigenvalue weighted by atomic mass is 79.9. The van der Waals surface area contributed by atoms with Crippen molar-refractivity contribution in [2.45, 2.75) is 17.7 Å². The van der Waals surface area contributed by atoms with Crippen LogP contribution in [0.2, 0.25) is 0 Å². The fourth-order valence-electron chi connectivity index (χ4n) is 2.36. The van der Waals surface area contributed by atoms with Gasteiger partial charge in [-0.3, -0.25) is 0 Å². The summed E-state index contributed by atoms with van der Waals surface area (Å²) in [5.74, 6) is 1.70. The maximum atomic E-state index is 11.5. The van der Waals surface area contributed by atoms with Gasteiger partial charge in [0.05, 0.1) is 18.6 Å². The molecule has 0 saturated carbocycles. The van der Waals surface area contributed by atoms with E-state index < -0.39 is 9.84 Å². The molecule has 0 N–H and O–H groups in total. The van der Waals surface area contributed by atoms with Gasteiger partial charge < -0.3 is 4.74 Å². The van der Waals surface area contributed by atoms with Gasteiger partial charge in [-0.05, 0) is 30.4 Å². The first-order valence-corrected chi connectivity index (χ1v) is 8.72. The van der Waals surface area contributed by atoms with Crippen molar-refractivity contribution in [2.75, 3.05) is 18.6 Å². The van der Waals surface area contributed by atoms with Crippen LogP contribution < -0.4 is 4.74 Å². The normalized spacial score (nSPS) is 23.8. The summed E-state index contributed by atoms with van der Waals surface area (Å²) in [5.41, 5.74) is 1.12. The largest absolute Gasteiger partial charge is 0.496 e. The highest BCUT2D eigenvalue weighted by molar-refractivity contribution is 9.09. The number of sulfone groups is 1. The monoisotopic (exact) mass is 332 g/mol. The molecular formula is C13H17BrO3S. The van der Waals surface area contributed by atoms with Crippen LogP contribution in [0.1, 0.15) is 12.0 Å². The smallest absolute Gasteiger partial charge is 0.150 e. The molecule has 0 amide bonds. The summed E-state index contributed by atoms with van der Waals surface area (Å²) >= 11 is 3.64. The summed E-state index contributed by atoms with van der Waals surface area (Å²) in [5, 5.41) is 0. The molecule has 1 aromatic rings. The van der Waals surface area contributed by atoms with Gasteiger partial charge in [0.15, 0.2) is 9.84 Å². The van der Waals surface area contributed by atoms with Crippen LogP contribution >= 0.6 is 15.9 Å². The van der Waals surface area contributed by atoms with Gasteiger partial charge in [0.2, 0.25) is 0 Å². The molecule has 1 fully saturated rings. The number of methoxy groups -OCH3 is 1. The first kappa shape index (κ1) is 13.9. The Morgan fingerprint density at radius 3 is 2.78 bits per heavy atom. The van der Waals surface area contributed by atoms with E-state index in [2.05, 4.69) is 15.9 Å². The summed E-state index contributed by atoms with van der Waals surface area (Å²) in [6.45, 7) is 0. The van der Waals surface area contributed by atoms with Crippen molar-refractivity contribution < 1.29 is 13.2 Å². The van der Waals surface area contributed by atoms with Gasteiger partial charge in [-0.1, -0.05) is 34.1 Å². The van der Waals surface area contributed by atoms with Crippen molar-refractivity contribution in [2.24, 2.45) is 5.92 Å². The molecule has 2 rings (SSSR count). The molecule has 0 radical (unpaired) electrons. The minimum absolute atomic E-state index is 0.186. The van der Waals surface area contributed by atoms with Gasteiger partial charge in [-0.15, -0.1) is 0 Å². The van der Waals surface area contributed by atoms with Crippen LogP contribution in [-0.2, 0) is 16.3 Å². The molecule has 1 aliphatic rings. The minimum atomic E-state index is -2.81. The fourth-order valence-corrected chi connectivity index (χ4v) is 5.28. The lowest BCUT2D eigenvalue weighted by atomic mass is 9.98. The summed E-state index contributed by atoms with van der Waals surface area (Å²) < 4.78 is 28.3. The number of halogens is 1. The van der Waals surface area contributed by atoms with Crippen LogP contribution in [0.4, 0.5) is 0 Å². The average molecular weight is 333 g/mol. The zero-order valence-corrected chi connectivity index (χ0v) is 12.7. The Kier molecular flexibility index (Phi) is 4.33. The number of para-hydroxylation sites is 1. The lowest BCUT2D eigenvalue weighted by molar-refractivity contribution is 0.408. The molecule has 1 saturated heterocycles. The van der Waals surface area contributed by atoms with E-state index in [9.17, 15) is 8.42 Å². The van der Waals surface area contributed by atoms with E-state index in [0.29, 0.717) is 11.5 Å². The molecule has 2 atom stereocenters. The summed E-state index contributed by atoms with van der Waals surface area (Å²) in [6.07, 6.45) is 1.55. The maximum absolute atomic E-state index is 11.5. The summed E-state index contributed by atoms with van der Waals surface area (Å²) in [4.78, 5) is 0.186. The Bertz CT molecular complexity index is 513. The van der Waals surface area contributed by atoms with Crippen molar-refractivity contribution in [3.05, 3.63) is 29.8 Å². The zero-order valence-electron chi connectivity index (χ0n) is 10.3. The lowest BCUT2D eigenvalue weighted by Crippen LogP contribution is -2.18. The van der Waals surface area contributed by atoms with Gasteiger partial charge in [-0.2, -0.15) is 0 Å². The number of ether oxygens (including phenoxy) is 1. The Hall–Kier alpha value is -0.550. The average Bonchev–Trinajstić information content (AvgIpc) is 2.70. The van der Waals surface area contributed by atoms with E-state index >= 15 is 0 Å². The molecule has 5 heteroatoms. The number of alkyl halides is 1. The quantitative estimate of drug-likeness (QED) is 0.795. The molecule has 0 aromatic heterocycles. The van der Waals surface area contributed by atoms with Crippen molar-refractivity contribution in [1.82, 2.24) is 0 Å². The number of benzene rings is 1. The first-order chi connectivity index (χ1) is 8.52. The van der Waals surface area contributed by atoms with Crippen LogP contribution in [0.25, 0.3) is 0 Å². The molecule has 3 nitrogen and oxygen atoms in total. The molecule has 2 unspecified atom stereocenters. The Morgan fingerprint density at radius 2 is 2.17 bits per heavy atom. The third kappa shape index (κ3) is 3.26. The Labute approximate surface area is 117 Å². The highest BCUT2D eigenvalue weighted by Gasteiger charge is 2.32. The van der Waals surface area contributed by atoms with E-state index in [1.807, 2.05) is 24.3 Å². The molecule has 0 bridgehead atoms. The molecule has 100 valence electrons. The van der Waals surface area contributed by atoms with E-state index in [-0.39, 0.29) is 10.7 Å². The standard InChI is InChI=1S/C13H17BrO3S/c1-17-13-5-3-2-4-10(13)8-12(14)11-6-7-18(15,16)9-11/h2-5,11-12H,6-9H2,1H3. The predicted octanol–water partition coefficient (Wildman–Crippen LogP) is 2.44. The minimum Gasteiger partial charge on any atom is -0.496 e. The van der Waals surface area contributed by atoms with Crippen molar-refractivity contribution >= 4 is 25.8 Å². The molecule has 1 heterocycles. The Balaban J connectivity index is 2.05. The number of hydrogen-bond acceptors (Lipinski definition) is 3. The second kappa shape index (κ2) is 5.61. The van der Waals surface area contributed by atoms with Crippen LogP contribution in [0.5, 0.6) is 5.75 Å². The second-order valence-corrected chi connectivity index (χ2v) is 8.10. The van der Waals surface area contributed by atoms with E-state index in [0.717, 1.165) is 24.2 Å². The van der Waals surface area contributed by atoms with E-state index in [1.54, 1.807) is 7.11 Å². The molecule has 0 aliphatic carbocycles. The first-order valence-electron chi connectivity index (χ1n) is 5.98. The number of hydrogen-bond donors (Lipinski definition) is 0. The maximum Gasteiger partial charge on any atom is 0.150 e. The van der Waals surface area contributed by atoms with Gasteiger partial charge in [-0.25, -0.2) is 8.42 Å². The topological polar surface area (TPSA) is 43.4 Å². The third-order valence-corrected chi connectivity index (χ3v) is 6.25. The van der Waals surface area contributed by atoms with Gasteiger partial charge in [0.25, 0.3) is 0 Å². The third-order valence-electron chi connectivity index (χ3n) is 3.39. The molecular weight excluding hydrogens is 316 g/mol. The lowest BCUT2D eigenvalue weighted by Gasteiger charge is -2.17. The zero-order chi connectivity index (χ0) is 13.2. The second-order valence-electron chi connectivity index (χ2n) is 4.70. The molecule has 18 heavy (non-hydrogen) atoms.